The Morgan fingerprint density at radius 1 is 1.04 bits per heavy atom. The van der Waals surface area contributed by atoms with E-state index in [9.17, 15) is 0 Å². The summed E-state index contributed by atoms with van der Waals surface area (Å²) >= 11 is 0. The number of rotatable bonds is 5. The van der Waals surface area contributed by atoms with Gasteiger partial charge in [-0.1, -0.05) is 13.8 Å². The monoisotopic (exact) mass is 345 g/mol. The van der Waals surface area contributed by atoms with Crippen LogP contribution in [0.3, 0.4) is 0 Å². The maximum absolute atomic E-state index is 4.74. The fraction of sp³-hybridized carbons (Fsp3) is 0.800. The minimum atomic E-state index is 0.398. The number of hydrogen-bond acceptors (Lipinski definition) is 5. The van der Waals surface area contributed by atoms with Gasteiger partial charge in [0, 0.05) is 50.9 Å². The van der Waals surface area contributed by atoms with Crippen LogP contribution >= 0.6 is 0 Å². The van der Waals surface area contributed by atoms with Gasteiger partial charge in [0.25, 0.3) is 0 Å². The van der Waals surface area contributed by atoms with E-state index in [0.29, 0.717) is 5.92 Å². The summed E-state index contributed by atoms with van der Waals surface area (Å²) in [6.07, 6.45) is 4.55. The van der Waals surface area contributed by atoms with Crippen molar-refractivity contribution in [3.05, 3.63) is 23.8 Å². The van der Waals surface area contributed by atoms with Crippen molar-refractivity contribution in [2.45, 2.75) is 52.1 Å². The van der Waals surface area contributed by atoms with Gasteiger partial charge in [0.2, 0.25) is 0 Å². The summed E-state index contributed by atoms with van der Waals surface area (Å²) in [5.41, 5.74) is 1.17. The molecule has 0 amide bonds. The van der Waals surface area contributed by atoms with Gasteiger partial charge in [0.05, 0.1) is 5.69 Å². The highest BCUT2D eigenvalue weighted by atomic mass is 15.3. The predicted molar refractivity (Wildman–Crippen MR) is 103 cm³/mol. The zero-order valence-electron chi connectivity index (χ0n) is 16.5. The van der Waals surface area contributed by atoms with Crippen molar-refractivity contribution in [2.24, 2.45) is 5.92 Å². The van der Waals surface area contributed by atoms with Crippen LogP contribution in [-0.2, 0) is 6.54 Å². The summed E-state index contributed by atoms with van der Waals surface area (Å²) in [5.74, 6) is 2.21. The third kappa shape index (κ3) is 4.99. The molecule has 1 aromatic rings. The number of likely N-dealkylation sites (tertiary alicyclic amines) is 1. The van der Waals surface area contributed by atoms with Gasteiger partial charge in [-0.25, -0.2) is 9.97 Å². The van der Waals surface area contributed by atoms with E-state index in [1.54, 1.807) is 0 Å². The Hall–Kier alpha value is -1.04. The van der Waals surface area contributed by atoms with Gasteiger partial charge in [-0.15, -0.1) is 0 Å². The predicted octanol–water partition coefficient (Wildman–Crippen LogP) is 2.45. The Morgan fingerprint density at radius 3 is 2.36 bits per heavy atom. The van der Waals surface area contributed by atoms with E-state index in [2.05, 4.69) is 53.6 Å². The normalized spacial score (nSPS) is 23.2. The first kappa shape index (κ1) is 18.7. The van der Waals surface area contributed by atoms with Crippen molar-refractivity contribution >= 4 is 0 Å². The second-order valence-corrected chi connectivity index (χ2v) is 8.25. The van der Waals surface area contributed by atoms with Crippen LogP contribution in [0.1, 0.15) is 51.0 Å². The lowest BCUT2D eigenvalue weighted by atomic mass is 9.89. The first-order valence-corrected chi connectivity index (χ1v) is 9.99. The lowest BCUT2D eigenvalue weighted by Gasteiger charge is -2.42. The summed E-state index contributed by atoms with van der Waals surface area (Å²) in [6, 6.07) is 2.80. The zero-order chi connectivity index (χ0) is 17.8. The molecule has 0 unspecified atom stereocenters. The average Bonchev–Trinajstić information content (AvgIpc) is 2.63. The molecule has 25 heavy (non-hydrogen) atoms. The molecular formula is C20H35N5. The van der Waals surface area contributed by atoms with Crippen LogP contribution in [0.5, 0.6) is 0 Å². The maximum Gasteiger partial charge on any atom is 0.131 e. The summed E-state index contributed by atoms with van der Waals surface area (Å²) in [6.45, 7) is 15.0. The fourth-order valence-corrected chi connectivity index (χ4v) is 4.13. The molecule has 3 heterocycles. The molecule has 0 spiro atoms. The van der Waals surface area contributed by atoms with Crippen molar-refractivity contribution < 1.29 is 0 Å². The van der Waals surface area contributed by atoms with Crippen LogP contribution < -0.4 is 0 Å². The zero-order valence-corrected chi connectivity index (χ0v) is 16.5. The first-order valence-electron chi connectivity index (χ1n) is 9.99. The number of piperidine rings is 1. The molecule has 0 aliphatic carbocycles. The van der Waals surface area contributed by atoms with Gasteiger partial charge < -0.3 is 4.90 Å². The van der Waals surface area contributed by atoms with E-state index in [0.717, 1.165) is 24.3 Å². The molecule has 2 saturated heterocycles. The van der Waals surface area contributed by atoms with Crippen LogP contribution in [-0.4, -0.2) is 77.0 Å². The number of hydrogen-bond donors (Lipinski definition) is 0. The second kappa shape index (κ2) is 8.56. The van der Waals surface area contributed by atoms with Crippen molar-refractivity contribution in [1.82, 2.24) is 24.7 Å². The second-order valence-electron chi connectivity index (χ2n) is 8.25. The quantitative estimate of drug-likeness (QED) is 0.819. The average molecular weight is 346 g/mol. The molecule has 0 N–H and O–H groups in total. The fourth-order valence-electron chi connectivity index (χ4n) is 4.13. The van der Waals surface area contributed by atoms with E-state index < -0.39 is 0 Å². The van der Waals surface area contributed by atoms with E-state index >= 15 is 0 Å². The van der Waals surface area contributed by atoms with Crippen LogP contribution in [0.4, 0.5) is 0 Å². The summed E-state index contributed by atoms with van der Waals surface area (Å²) < 4.78 is 0. The van der Waals surface area contributed by atoms with Gasteiger partial charge >= 0.3 is 0 Å². The molecular weight excluding hydrogens is 310 g/mol. The number of aromatic nitrogens is 2. The minimum Gasteiger partial charge on any atom is -0.304 e. The molecule has 2 aliphatic rings. The number of likely N-dealkylation sites (N-methyl/N-ethyl adjacent to an activating group) is 1. The lowest BCUT2D eigenvalue weighted by molar-refractivity contribution is 0.0595. The topological polar surface area (TPSA) is 35.5 Å². The van der Waals surface area contributed by atoms with E-state index in [4.69, 9.17) is 4.98 Å². The molecule has 2 aliphatic heterocycles. The third-order valence-corrected chi connectivity index (χ3v) is 6.06. The SMILES string of the molecule is CC(C)c1nccc(CN2CCC([C@H](C)N3CCN(C)CC3)CC2)n1. The Morgan fingerprint density at radius 2 is 1.72 bits per heavy atom. The van der Waals surface area contributed by atoms with E-state index in [-0.39, 0.29) is 0 Å². The van der Waals surface area contributed by atoms with E-state index in [1.807, 2.05) is 6.20 Å². The Balaban J connectivity index is 1.48. The molecule has 0 radical (unpaired) electrons. The van der Waals surface area contributed by atoms with Gasteiger partial charge in [0.15, 0.2) is 0 Å². The number of piperazine rings is 1. The highest BCUT2D eigenvalue weighted by Gasteiger charge is 2.29. The van der Waals surface area contributed by atoms with Crippen LogP contribution in [0, 0.1) is 5.92 Å². The van der Waals surface area contributed by atoms with Crippen molar-refractivity contribution in [2.75, 3.05) is 46.3 Å². The Bertz CT molecular complexity index is 531. The van der Waals surface area contributed by atoms with Crippen LogP contribution in [0.25, 0.3) is 0 Å². The minimum absolute atomic E-state index is 0.398. The molecule has 2 fully saturated rings. The number of nitrogens with zero attached hydrogens (tertiary/aromatic N) is 5. The van der Waals surface area contributed by atoms with Gasteiger partial charge in [-0.05, 0) is 51.9 Å². The molecule has 0 bridgehead atoms. The smallest absolute Gasteiger partial charge is 0.131 e. The first-order chi connectivity index (χ1) is 12.0. The lowest BCUT2D eigenvalue weighted by Crippen LogP contribution is -2.51. The maximum atomic E-state index is 4.74. The molecule has 140 valence electrons. The Labute approximate surface area is 153 Å². The van der Waals surface area contributed by atoms with Crippen LogP contribution in [0.15, 0.2) is 12.3 Å². The molecule has 1 atom stereocenters. The molecule has 3 rings (SSSR count). The molecule has 5 heteroatoms. The van der Waals surface area contributed by atoms with Gasteiger partial charge in [-0.3, -0.25) is 9.80 Å². The Kier molecular flexibility index (Phi) is 6.42. The highest BCUT2D eigenvalue weighted by Crippen LogP contribution is 2.25. The summed E-state index contributed by atoms with van der Waals surface area (Å²) in [7, 11) is 2.23. The largest absolute Gasteiger partial charge is 0.304 e. The third-order valence-electron chi connectivity index (χ3n) is 6.06. The molecule has 5 nitrogen and oxygen atoms in total. The summed E-state index contributed by atoms with van der Waals surface area (Å²) in [5, 5.41) is 0. The summed E-state index contributed by atoms with van der Waals surface area (Å²) in [4.78, 5) is 16.8. The molecule has 0 saturated carbocycles. The van der Waals surface area contributed by atoms with Crippen LogP contribution in [0.2, 0.25) is 0 Å². The van der Waals surface area contributed by atoms with Crippen molar-refractivity contribution in [3.63, 3.8) is 0 Å². The van der Waals surface area contributed by atoms with Gasteiger partial charge in [0.1, 0.15) is 5.82 Å². The highest BCUT2D eigenvalue weighted by molar-refractivity contribution is 5.05. The molecule has 0 aromatic carbocycles. The molecule has 1 aromatic heterocycles. The van der Waals surface area contributed by atoms with Crippen molar-refractivity contribution in [3.8, 4) is 0 Å². The van der Waals surface area contributed by atoms with Crippen molar-refractivity contribution in [1.29, 1.82) is 0 Å². The van der Waals surface area contributed by atoms with E-state index in [1.165, 1.54) is 57.8 Å². The standard InChI is InChI=1S/C20H35N5/c1-16(2)20-21-8-5-19(22-20)15-24-9-6-18(7-10-24)17(3)25-13-11-23(4)12-14-25/h5,8,16-18H,6-7,9-15H2,1-4H3/t17-/m0/s1. The van der Waals surface area contributed by atoms with Gasteiger partial charge in [-0.2, -0.15) is 0 Å².